The van der Waals surface area contributed by atoms with Gasteiger partial charge >= 0.3 is 0 Å². The molecule has 0 saturated carbocycles. The van der Waals surface area contributed by atoms with Gasteiger partial charge in [0.15, 0.2) is 5.78 Å². The number of carbonyl (C=O) groups excluding carboxylic acids is 1. The number of carbonyl (C=O) groups is 1. The molecule has 0 radical (unpaired) electrons. The second-order valence-electron chi connectivity index (χ2n) is 8.30. The predicted molar refractivity (Wildman–Crippen MR) is 131 cm³/mol. The first-order valence-corrected chi connectivity index (χ1v) is 11.1. The summed E-state index contributed by atoms with van der Waals surface area (Å²) < 4.78 is 5.90. The minimum absolute atomic E-state index is 0.0376. The molecule has 1 atom stereocenters. The summed E-state index contributed by atoms with van der Waals surface area (Å²) in [5, 5.41) is 3.56. The average molecular weight is 444 g/mol. The van der Waals surface area contributed by atoms with Gasteiger partial charge in [-0.1, -0.05) is 36.9 Å². The molecule has 1 aromatic heterocycles. The second-order valence-corrected chi connectivity index (χ2v) is 8.30. The van der Waals surface area contributed by atoms with Crippen molar-refractivity contribution in [3.63, 3.8) is 0 Å². The van der Waals surface area contributed by atoms with Crippen molar-refractivity contribution in [2.24, 2.45) is 0 Å². The van der Waals surface area contributed by atoms with E-state index in [4.69, 9.17) is 10.5 Å². The highest BCUT2D eigenvalue weighted by Gasteiger charge is 2.23. The third-order valence-electron chi connectivity index (χ3n) is 5.76. The van der Waals surface area contributed by atoms with Crippen LogP contribution in [-0.4, -0.2) is 46.3 Å². The molecule has 0 bridgehead atoms. The molecule has 4 rings (SSSR count). The number of ketones is 1. The van der Waals surface area contributed by atoms with E-state index in [1.54, 1.807) is 6.92 Å². The number of hydrogen-bond donors (Lipinski definition) is 2. The maximum absolute atomic E-state index is 11.6. The van der Waals surface area contributed by atoms with Crippen molar-refractivity contribution < 1.29 is 9.53 Å². The predicted octanol–water partition coefficient (Wildman–Crippen LogP) is 4.54. The normalized spacial score (nSPS) is 16.2. The van der Waals surface area contributed by atoms with Gasteiger partial charge < -0.3 is 15.8 Å². The number of ether oxygens (including phenoxy) is 1. The third-order valence-corrected chi connectivity index (χ3v) is 5.76. The number of likely N-dealkylation sites (tertiary alicyclic amines) is 1. The quantitative estimate of drug-likeness (QED) is 0.494. The van der Waals surface area contributed by atoms with Crippen molar-refractivity contribution in [1.82, 2.24) is 14.9 Å². The lowest BCUT2D eigenvalue weighted by Crippen LogP contribution is -2.43. The molecule has 0 spiro atoms. The van der Waals surface area contributed by atoms with Crippen LogP contribution in [-0.2, 0) is 4.79 Å². The zero-order valence-corrected chi connectivity index (χ0v) is 18.8. The van der Waals surface area contributed by atoms with E-state index >= 15 is 0 Å². The fraction of sp³-hybridized carbons (Fsp3) is 0.269. The van der Waals surface area contributed by atoms with Gasteiger partial charge in [0.2, 0.25) is 0 Å². The van der Waals surface area contributed by atoms with E-state index in [1.165, 1.54) is 6.33 Å². The summed E-state index contributed by atoms with van der Waals surface area (Å²) in [6, 6.07) is 17.6. The van der Waals surface area contributed by atoms with Crippen molar-refractivity contribution in [1.29, 1.82) is 0 Å². The molecular weight excluding hydrogens is 414 g/mol. The largest absolute Gasteiger partial charge is 0.457 e. The van der Waals surface area contributed by atoms with E-state index in [1.807, 2.05) is 54.6 Å². The standard InChI is InChI=1S/C26H29N5O2/c1-18(19(2)32)15-31-14-6-7-21(16-31)30-26-24(25(27)28-17-29-26)20-10-12-23(13-11-20)33-22-8-4-3-5-9-22/h3-5,8-13,17,21H,1,6-7,14-16H2,2H3,(H3,27,28,29,30)/t21-/m1/s1. The van der Waals surface area contributed by atoms with Gasteiger partial charge in [-0.15, -0.1) is 0 Å². The van der Waals surface area contributed by atoms with Crippen LogP contribution in [0.2, 0.25) is 0 Å². The number of anilines is 2. The summed E-state index contributed by atoms with van der Waals surface area (Å²) in [7, 11) is 0. The Morgan fingerprint density at radius 1 is 1.15 bits per heavy atom. The zero-order valence-electron chi connectivity index (χ0n) is 18.8. The molecule has 2 aromatic carbocycles. The molecule has 7 nitrogen and oxygen atoms in total. The Kier molecular flexibility index (Phi) is 7.00. The van der Waals surface area contributed by atoms with Gasteiger partial charge in [0, 0.05) is 24.7 Å². The molecular formula is C26H29N5O2. The molecule has 0 aliphatic carbocycles. The molecule has 0 amide bonds. The van der Waals surface area contributed by atoms with E-state index in [0.717, 1.165) is 48.6 Å². The first kappa shape index (κ1) is 22.5. The number of aromatic nitrogens is 2. The van der Waals surface area contributed by atoms with Crippen molar-refractivity contribution >= 4 is 17.4 Å². The number of benzene rings is 2. The summed E-state index contributed by atoms with van der Waals surface area (Å²) in [5.41, 5.74) is 8.59. The molecule has 3 aromatic rings. The molecule has 0 unspecified atom stereocenters. The van der Waals surface area contributed by atoms with Crippen molar-refractivity contribution in [2.45, 2.75) is 25.8 Å². The van der Waals surface area contributed by atoms with Gasteiger partial charge in [-0.25, -0.2) is 9.97 Å². The molecule has 1 saturated heterocycles. The highest BCUT2D eigenvalue weighted by atomic mass is 16.5. The Labute approximate surface area is 194 Å². The molecule has 1 fully saturated rings. The maximum atomic E-state index is 11.6. The minimum Gasteiger partial charge on any atom is -0.457 e. The zero-order chi connectivity index (χ0) is 23.2. The molecule has 2 heterocycles. The number of hydrogen-bond acceptors (Lipinski definition) is 7. The number of piperidine rings is 1. The Morgan fingerprint density at radius 3 is 2.61 bits per heavy atom. The number of nitrogen functional groups attached to an aromatic ring is 1. The molecule has 33 heavy (non-hydrogen) atoms. The van der Waals surface area contributed by atoms with Crippen molar-refractivity contribution in [3.05, 3.63) is 73.1 Å². The molecule has 170 valence electrons. The van der Waals surface area contributed by atoms with Gasteiger partial charge in [0.05, 0.1) is 5.56 Å². The SMILES string of the molecule is C=C(CN1CCC[C@@H](Nc2ncnc(N)c2-c2ccc(Oc3ccccc3)cc2)C1)C(C)=O. The van der Waals surface area contributed by atoms with Gasteiger partial charge in [0.25, 0.3) is 0 Å². The number of para-hydroxylation sites is 1. The monoisotopic (exact) mass is 443 g/mol. The number of rotatable bonds is 8. The third kappa shape index (κ3) is 5.75. The van der Waals surface area contributed by atoms with E-state index in [9.17, 15) is 4.79 Å². The van der Waals surface area contributed by atoms with E-state index in [-0.39, 0.29) is 11.8 Å². The molecule has 7 heteroatoms. The summed E-state index contributed by atoms with van der Waals surface area (Å²) in [6.07, 6.45) is 3.52. The topological polar surface area (TPSA) is 93.4 Å². The van der Waals surface area contributed by atoms with Crippen LogP contribution in [0.25, 0.3) is 11.1 Å². The molecule has 1 aliphatic rings. The van der Waals surface area contributed by atoms with Crippen LogP contribution in [0, 0.1) is 0 Å². The Hall–Kier alpha value is -3.71. The number of nitrogens with one attached hydrogen (secondary N) is 1. The van der Waals surface area contributed by atoms with Crippen LogP contribution in [0.4, 0.5) is 11.6 Å². The Morgan fingerprint density at radius 2 is 1.88 bits per heavy atom. The van der Waals surface area contributed by atoms with Crippen molar-refractivity contribution in [2.75, 3.05) is 30.7 Å². The van der Waals surface area contributed by atoms with Crippen LogP contribution in [0.15, 0.2) is 73.1 Å². The van der Waals surface area contributed by atoms with Gasteiger partial charge in [-0.3, -0.25) is 9.69 Å². The number of nitrogens with two attached hydrogens (primary N) is 1. The minimum atomic E-state index is 0.0376. The van der Waals surface area contributed by atoms with E-state index < -0.39 is 0 Å². The fourth-order valence-corrected chi connectivity index (χ4v) is 4.00. The Bertz CT molecular complexity index is 1120. The highest BCUT2D eigenvalue weighted by Crippen LogP contribution is 2.33. The molecule has 3 N–H and O–H groups in total. The smallest absolute Gasteiger partial charge is 0.156 e. The maximum Gasteiger partial charge on any atom is 0.156 e. The lowest BCUT2D eigenvalue weighted by Gasteiger charge is -2.34. The van der Waals surface area contributed by atoms with Crippen LogP contribution in [0.5, 0.6) is 11.5 Å². The van der Waals surface area contributed by atoms with Gasteiger partial charge in [-0.05, 0) is 56.1 Å². The van der Waals surface area contributed by atoms with Crippen molar-refractivity contribution in [3.8, 4) is 22.6 Å². The summed E-state index contributed by atoms with van der Waals surface area (Å²) >= 11 is 0. The van der Waals surface area contributed by atoms with Crippen LogP contribution < -0.4 is 15.8 Å². The van der Waals surface area contributed by atoms with Crippen LogP contribution in [0.3, 0.4) is 0 Å². The van der Waals surface area contributed by atoms with E-state index in [2.05, 4.69) is 26.8 Å². The first-order valence-electron chi connectivity index (χ1n) is 11.1. The molecule has 1 aliphatic heterocycles. The summed E-state index contributed by atoms with van der Waals surface area (Å²) in [4.78, 5) is 22.5. The van der Waals surface area contributed by atoms with Crippen LogP contribution >= 0.6 is 0 Å². The van der Waals surface area contributed by atoms with Gasteiger partial charge in [0.1, 0.15) is 29.5 Å². The fourth-order valence-electron chi connectivity index (χ4n) is 4.00. The first-order chi connectivity index (χ1) is 16.0. The lowest BCUT2D eigenvalue weighted by atomic mass is 10.0. The van der Waals surface area contributed by atoms with Crippen LogP contribution in [0.1, 0.15) is 19.8 Å². The lowest BCUT2D eigenvalue weighted by molar-refractivity contribution is -0.113. The van der Waals surface area contributed by atoms with E-state index in [0.29, 0.717) is 23.8 Å². The second kappa shape index (κ2) is 10.3. The average Bonchev–Trinajstić information content (AvgIpc) is 2.81. The highest BCUT2D eigenvalue weighted by molar-refractivity contribution is 5.93. The summed E-state index contributed by atoms with van der Waals surface area (Å²) in [5.74, 6) is 2.68. The Balaban J connectivity index is 1.49. The number of nitrogens with zero attached hydrogens (tertiary/aromatic N) is 3. The van der Waals surface area contributed by atoms with Gasteiger partial charge in [-0.2, -0.15) is 0 Å². The summed E-state index contributed by atoms with van der Waals surface area (Å²) in [6.45, 7) is 7.81. The number of Topliss-reactive ketones (excluding diaryl/α,β-unsaturated/α-hetero) is 1.